The predicted octanol–water partition coefficient (Wildman–Crippen LogP) is 4.27. The number of benzene rings is 2. The van der Waals surface area contributed by atoms with E-state index in [0.717, 1.165) is 27.8 Å². The number of nitrogens with one attached hydrogen (secondary N) is 1. The van der Waals surface area contributed by atoms with E-state index in [1.54, 1.807) is 10.9 Å². The molecule has 1 amide bonds. The highest BCUT2D eigenvalue weighted by atomic mass is 16.6. The Labute approximate surface area is 183 Å². The van der Waals surface area contributed by atoms with Gasteiger partial charge in [0.05, 0.1) is 29.5 Å². The van der Waals surface area contributed by atoms with Gasteiger partial charge in [-0.05, 0) is 37.1 Å². The van der Waals surface area contributed by atoms with Crippen LogP contribution in [0.15, 0.2) is 54.7 Å². The molecular weight excluding hydrogens is 410 g/mol. The first-order chi connectivity index (χ1) is 15.4. The lowest BCUT2D eigenvalue weighted by molar-refractivity contribution is -0.384. The number of anilines is 1. The predicted molar refractivity (Wildman–Crippen MR) is 121 cm³/mol. The number of pyridine rings is 1. The second-order valence-electron chi connectivity index (χ2n) is 7.36. The van der Waals surface area contributed by atoms with Gasteiger partial charge in [0, 0.05) is 17.6 Å². The van der Waals surface area contributed by atoms with Crippen molar-refractivity contribution in [2.45, 2.75) is 20.4 Å². The second kappa shape index (κ2) is 8.46. The molecule has 9 heteroatoms. The number of nitrogens with zero attached hydrogens (tertiary/aromatic N) is 4. The molecular formula is C23H21N5O4. The van der Waals surface area contributed by atoms with Gasteiger partial charge in [-0.15, -0.1) is 0 Å². The SMILES string of the molecule is COc1cc([N+](=O)[O-])ccc1NC(=O)Cn1nc(C)c2c(-c3cccc(C)c3)ccnc21. The maximum absolute atomic E-state index is 12.7. The summed E-state index contributed by atoms with van der Waals surface area (Å²) in [6.07, 6.45) is 1.70. The molecule has 0 aliphatic heterocycles. The van der Waals surface area contributed by atoms with Crippen LogP contribution in [0.3, 0.4) is 0 Å². The zero-order chi connectivity index (χ0) is 22.8. The molecule has 32 heavy (non-hydrogen) atoms. The number of aromatic nitrogens is 3. The number of methoxy groups -OCH3 is 1. The summed E-state index contributed by atoms with van der Waals surface area (Å²) in [5, 5.41) is 19.1. The van der Waals surface area contributed by atoms with Crippen LogP contribution in [0.5, 0.6) is 5.75 Å². The van der Waals surface area contributed by atoms with Crippen LogP contribution in [0.1, 0.15) is 11.3 Å². The van der Waals surface area contributed by atoms with Gasteiger partial charge in [-0.1, -0.05) is 29.8 Å². The summed E-state index contributed by atoms with van der Waals surface area (Å²) < 4.78 is 6.73. The molecule has 1 N–H and O–H groups in total. The van der Waals surface area contributed by atoms with Crippen molar-refractivity contribution >= 4 is 28.3 Å². The number of nitro benzene ring substituents is 1. The summed E-state index contributed by atoms with van der Waals surface area (Å²) in [7, 11) is 1.38. The largest absolute Gasteiger partial charge is 0.494 e. The smallest absolute Gasteiger partial charge is 0.273 e. The summed E-state index contributed by atoms with van der Waals surface area (Å²) >= 11 is 0. The van der Waals surface area contributed by atoms with Gasteiger partial charge >= 0.3 is 0 Å². The molecule has 0 aliphatic rings. The quantitative estimate of drug-likeness (QED) is 0.360. The normalized spacial score (nSPS) is 10.8. The van der Waals surface area contributed by atoms with Crippen LogP contribution in [0.2, 0.25) is 0 Å². The summed E-state index contributed by atoms with van der Waals surface area (Å²) in [6.45, 7) is 3.85. The highest BCUT2D eigenvalue weighted by Crippen LogP contribution is 2.31. The minimum atomic E-state index is -0.524. The van der Waals surface area contributed by atoms with Gasteiger partial charge in [-0.25, -0.2) is 9.67 Å². The van der Waals surface area contributed by atoms with E-state index in [1.807, 2.05) is 38.1 Å². The van der Waals surface area contributed by atoms with Crippen LogP contribution in [-0.2, 0) is 11.3 Å². The fourth-order valence-electron chi connectivity index (χ4n) is 3.67. The maximum Gasteiger partial charge on any atom is 0.273 e. The topological polar surface area (TPSA) is 112 Å². The first-order valence-electron chi connectivity index (χ1n) is 9.89. The molecule has 162 valence electrons. The molecule has 2 aromatic heterocycles. The van der Waals surface area contributed by atoms with Crippen LogP contribution < -0.4 is 10.1 Å². The number of fused-ring (bicyclic) bond motifs is 1. The standard InChI is InChI=1S/C23H21N5O4/c1-14-5-4-6-16(11-14)18-9-10-24-23-22(18)15(2)26-27(23)13-21(29)25-19-8-7-17(28(30)31)12-20(19)32-3/h4-12H,13H2,1-3H3,(H,25,29). The molecule has 4 aromatic rings. The molecule has 0 bridgehead atoms. The van der Waals surface area contributed by atoms with E-state index in [4.69, 9.17) is 4.74 Å². The van der Waals surface area contributed by atoms with Crippen molar-refractivity contribution in [3.05, 3.63) is 76.1 Å². The number of carbonyl (C=O) groups is 1. The molecule has 0 saturated heterocycles. The van der Waals surface area contributed by atoms with E-state index in [2.05, 4.69) is 21.5 Å². The highest BCUT2D eigenvalue weighted by molar-refractivity contribution is 5.97. The van der Waals surface area contributed by atoms with Crippen LogP contribution in [0, 0.1) is 24.0 Å². The molecule has 9 nitrogen and oxygen atoms in total. The minimum absolute atomic E-state index is 0.0747. The Morgan fingerprint density at radius 2 is 2.00 bits per heavy atom. The first kappa shape index (κ1) is 21.0. The molecule has 0 aliphatic carbocycles. The van der Waals surface area contributed by atoms with Crippen molar-refractivity contribution in [2.24, 2.45) is 0 Å². The molecule has 2 heterocycles. The van der Waals surface area contributed by atoms with E-state index in [-0.39, 0.29) is 23.9 Å². The summed E-state index contributed by atoms with van der Waals surface area (Å²) in [5.41, 5.74) is 4.79. The lowest BCUT2D eigenvalue weighted by atomic mass is 10.0. The van der Waals surface area contributed by atoms with Crippen molar-refractivity contribution in [1.82, 2.24) is 14.8 Å². The number of non-ortho nitro benzene ring substituents is 1. The first-order valence-corrected chi connectivity index (χ1v) is 9.89. The monoisotopic (exact) mass is 431 g/mol. The molecule has 0 unspecified atom stereocenters. The third-order valence-corrected chi connectivity index (χ3v) is 5.10. The molecule has 0 spiro atoms. The average Bonchev–Trinajstić information content (AvgIpc) is 3.09. The van der Waals surface area contributed by atoms with Gasteiger partial charge < -0.3 is 10.1 Å². The summed E-state index contributed by atoms with van der Waals surface area (Å²) in [4.78, 5) is 27.6. The van der Waals surface area contributed by atoms with Crippen LogP contribution in [0.25, 0.3) is 22.2 Å². The Balaban J connectivity index is 1.64. The number of amides is 1. The van der Waals surface area contributed by atoms with Gasteiger partial charge in [0.1, 0.15) is 12.3 Å². The fourth-order valence-corrected chi connectivity index (χ4v) is 3.67. The average molecular weight is 431 g/mol. The van der Waals surface area contributed by atoms with Crippen LogP contribution in [-0.4, -0.2) is 32.7 Å². The molecule has 0 saturated carbocycles. The second-order valence-corrected chi connectivity index (χ2v) is 7.36. The zero-order valence-electron chi connectivity index (χ0n) is 17.8. The van der Waals surface area contributed by atoms with E-state index in [0.29, 0.717) is 11.3 Å². The molecule has 2 aromatic carbocycles. The van der Waals surface area contributed by atoms with Gasteiger partial charge in [-0.2, -0.15) is 5.10 Å². The molecule has 0 fully saturated rings. The number of carbonyl (C=O) groups excluding carboxylic acids is 1. The fraction of sp³-hybridized carbons (Fsp3) is 0.174. The minimum Gasteiger partial charge on any atom is -0.494 e. The molecule has 0 atom stereocenters. The van der Waals surface area contributed by atoms with E-state index >= 15 is 0 Å². The third kappa shape index (κ3) is 4.00. The summed E-state index contributed by atoms with van der Waals surface area (Å²) in [5.74, 6) is -0.154. The van der Waals surface area contributed by atoms with Crippen molar-refractivity contribution in [1.29, 1.82) is 0 Å². The summed E-state index contributed by atoms with van der Waals surface area (Å²) in [6, 6.07) is 14.1. The van der Waals surface area contributed by atoms with Crippen LogP contribution in [0.4, 0.5) is 11.4 Å². The van der Waals surface area contributed by atoms with E-state index < -0.39 is 4.92 Å². The van der Waals surface area contributed by atoms with Gasteiger partial charge in [-0.3, -0.25) is 14.9 Å². The van der Waals surface area contributed by atoms with Crippen molar-refractivity contribution < 1.29 is 14.5 Å². The van der Waals surface area contributed by atoms with E-state index in [9.17, 15) is 14.9 Å². The lowest BCUT2D eigenvalue weighted by Gasteiger charge is -2.10. The van der Waals surface area contributed by atoms with Gasteiger partial charge in [0.25, 0.3) is 5.69 Å². The maximum atomic E-state index is 12.7. The van der Waals surface area contributed by atoms with Crippen molar-refractivity contribution in [2.75, 3.05) is 12.4 Å². The highest BCUT2D eigenvalue weighted by Gasteiger charge is 2.18. The van der Waals surface area contributed by atoms with Crippen molar-refractivity contribution in [3.8, 4) is 16.9 Å². The molecule has 0 radical (unpaired) electrons. The van der Waals surface area contributed by atoms with Crippen molar-refractivity contribution in [3.63, 3.8) is 0 Å². The number of ether oxygens (including phenoxy) is 1. The Hall–Kier alpha value is -4.27. The lowest BCUT2D eigenvalue weighted by Crippen LogP contribution is -2.20. The third-order valence-electron chi connectivity index (χ3n) is 5.10. The number of hydrogen-bond donors (Lipinski definition) is 1. The Kier molecular flexibility index (Phi) is 5.55. The van der Waals surface area contributed by atoms with E-state index in [1.165, 1.54) is 25.3 Å². The Morgan fingerprint density at radius 1 is 1.19 bits per heavy atom. The zero-order valence-corrected chi connectivity index (χ0v) is 17.8. The number of nitro groups is 1. The number of hydrogen-bond acceptors (Lipinski definition) is 6. The Morgan fingerprint density at radius 3 is 2.72 bits per heavy atom. The van der Waals surface area contributed by atoms with Gasteiger partial charge in [0.2, 0.25) is 5.91 Å². The Bertz CT molecular complexity index is 1350. The molecule has 4 rings (SSSR count). The number of rotatable bonds is 6. The number of aryl methyl sites for hydroxylation is 2. The van der Waals surface area contributed by atoms with Crippen LogP contribution >= 0.6 is 0 Å². The van der Waals surface area contributed by atoms with Gasteiger partial charge in [0.15, 0.2) is 5.65 Å².